The van der Waals surface area contributed by atoms with E-state index in [4.69, 9.17) is 26.7 Å². The molecular weight excluding hydrogens is 478 g/mol. The van der Waals surface area contributed by atoms with Crippen LogP contribution in [0.2, 0.25) is 5.02 Å². The Morgan fingerprint density at radius 3 is 2.71 bits per heavy atom. The molecule has 1 fully saturated rings. The second-order valence-electron chi connectivity index (χ2n) is 8.97. The number of rotatable bonds is 6. The van der Waals surface area contributed by atoms with Gasteiger partial charge in [-0.2, -0.15) is 0 Å². The van der Waals surface area contributed by atoms with Gasteiger partial charge in [-0.15, -0.1) is 5.10 Å². The minimum absolute atomic E-state index is 0.0811. The zero-order chi connectivity index (χ0) is 24.4. The number of hydrogen-bond acceptors (Lipinski definition) is 9. The van der Waals surface area contributed by atoms with Crippen LogP contribution >= 0.6 is 11.6 Å². The lowest BCUT2D eigenvalue weighted by atomic mass is 10.1. The maximum absolute atomic E-state index is 14.5. The summed E-state index contributed by atoms with van der Waals surface area (Å²) in [7, 11) is 0. The summed E-state index contributed by atoms with van der Waals surface area (Å²) in [5, 5.41) is 11.0. The van der Waals surface area contributed by atoms with Gasteiger partial charge >= 0.3 is 6.01 Å². The number of halogens is 3. The van der Waals surface area contributed by atoms with Gasteiger partial charge in [0.1, 0.15) is 11.6 Å². The first-order valence-electron chi connectivity index (χ1n) is 11.8. The molecule has 4 heterocycles. The fourth-order valence-electron chi connectivity index (χ4n) is 4.43. The molecule has 3 N–H and O–H groups in total. The van der Waals surface area contributed by atoms with E-state index in [1.165, 1.54) is 0 Å². The Labute approximate surface area is 206 Å². The number of aromatic nitrogens is 4. The minimum atomic E-state index is -0.654. The highest BCUT2D eigenvalue weighted by atomic mass is 35.5. The Bertz CT molecular complexity index is 1180. The highest BCUT2D eigenvalue weighted by molar-refractivity contribution is 6.31. The van der Waals surface area contributed by atoms with Crippen LogP contribution in [0.15, 0.2) is 22.7 Å². The molecule has 0 radical (unpaired) electrons. The number of hydrogen-bond donors (Lipinski definition) is 2. The number of nitrogens with zero attached hydrogens (tertiary/aromatic N) is 6. The van der Waals surface area contributed by atoms with E-state index < -0.39 is 11.6 Å². The summed E-state index contributed by atoms with van der Waals surface area (Å²) in [5.41, 5.74) is 6.85. The highest BCUT2D eigenvalue weighted by Crippen LogP contribution is 2.30. The van der Waals surface area contributed by atoms with E-state index in [9.17, 15) is 8.78 Å². The standard InChI is InChI=1S/C23H27ClF2N8O/c24-21-15(16(25)4-5-17(21)26)12-34-8-2-1-3-18-22(34)29-19(11-28-18)30-23-32-31-20(35-23)13-33-9-6-14(27)7-10-33/h4-5,11,14H,1-3,6-10,12-13,27H2,(H,29,30,32). The molecule has 5 rings (SSSR count). The number of piperidine rings is 1. The zero-order valence-corrected chi connectivity index (χ0v) is 19.9. The number of anilines is 3. The van der Waals surface area contributed by atoms with Crippen molar-refractivity contribution in [3.8, 4) is 0 Å². The minimum Gasteiger partial charge on any atom is -0.406 e. The Balaban J connectivity index is 1.32. The van der Waals surface area contributed by atoms with Crippen molar-refractivity contribution in [2.24, 2.45) is 5.73 Å². The fourth-order valence-corrected chi connectivity index (χ4v) is 4.65. The van der Waals surface area contributed by atoms with Crippen molar-refractivity contribution < 1.29 is 13.2 Å². The van der Waals surface area contributed by atoms with E-state index in [0.717, 1.165) is 63.0 Å². The second-order valence-corrected chi connectivity index (χ2v) is 9.34. The highest BCUT2D eigenvalue weighted by Gasteiger charge is 2.23. The van der Waals surface area contributed by atoms with Crippen molar-refractivity contribution in [2.45, 2.75) is 51.2 Å². The average molecular weight is 505 g/mol. The molecule has 12 heteroatoms. The third kappa shape index (κ3) is 5.52. The van der Waals surface area contributed by atoms with Gasteiger partial charge in [-0.1, -0.05) is 16.7 Å². The quantitative estimate of drug-likeness (QED) is 0.484. The Morgan fingerprint density at radius 2 is 1.89 bits per heavy atom. The molecule has 0 unspecified atom stereocenters. The van der Waals surface area contributed by atoms with Crippen LogP contribution in [0.5, 0.6) is 0 Å². The van der Waals surface area contributed by atoms with E-state index in [0.29, 0.717) is 30.6 Å². The van der Waals surface area contributed by atoms with E-state index in [1.54, 1.807) is 6.20 Å². The molecule has 35 heavy (non-hydrogen) atoms. The van der Waals surface area contributed by atoms with Gasteiger partial charge < -0.3 is 15.1 Å². The maximum atomic E-state index is 14.5. The lowest BCUT2D eigenvalue weighted by Gasteiger charge is -2.28. The van der Waals surface area contributed by atoms with Gasteiger partial charge in [0.15, 0.2) is 11.6 Å². The SMILES string of the molecule is NC1CCN(Cc2nnc(Nc3cnc4c(n3)N(Cc3c(F)ccc(F)c3Cl)CCCC4)o2)CC1. The summed E-state index contributed by atoms with van der Waals surface area (Å²) in [6, 6.07) is 2.58. The van der Waals surface area contributed by atoms with Crippen LogP contribution in [0.1, 0.15) is 42.8 Å². The van der Waals surface area contributed by atoms with Crippen LogP contribution < -0.4 is 16.0 Å². The molecule has 2 aliphatic rings. The summed E-state index contributed by atoms with van der Waals surface area (Å²) in [6.07, 6.45) is 6.02. The molecule has 2 aliphatic heterocycles. The number of likely N-dealkylation sites (tertiary alicyclic amines) is 1. The summed E-state index contributed by atoms with van der Waals surface area (Å²) in [6.45, 7) is 3.05. The monoisotopic (exact) mass is 504 g/mol. The number of benzene rings is 1. The van der Waals surface area contributed by atoms with Crippen LogP contribution in [0.4, 0.5) is 26.4 Å². The second kappa shape index (κ2) is 10.4. The van der Waals surface area contributed by atoms with Crippen molar-refractivity contribution >= 4 is 29.3 Å². The van der Waals surface area contributed by atoms with E-state index in [2.05, 4.69) is 25.4 Å². The predicted octanol–water partition coefficient (Wildman–Crippen LogP) is 3.80. The summed E-state index contributed by atoms with van der Waals surface area (Å²) in [4.78, 5) is 13.4. The van der Waals surface area contributed by atoms with Crippen LogP contribution in [0.3, 0.4) is 0 Å². The fraction of sp³-hybridized carbons (Fsp3) is 0.478. The lowest BCUT2D eigenvalue weighted by Crippen LogP contribution is -2.39. The molecule has 0 atom stereocenters. The van der Waals surface area contributed by atoms with Crippen molar-refractivity contribution in [2.75, 3.05) is 29.9 Å². The molecule has 0 bridgehead atoms. The predicted molar refractivity (Wildman–Crippen MR) is 127 cm³/mol. The normalized spacial score (nSPS) is 17.3. The summed E-state index contributed by atoms with van der Waals surface area (Å²) in [5.74, 6) is 0.304. The molecule has 1 saturated heterocycles. The third-order valence-electron chi connectivity index (χ3n) is 6.40. The van der Waals surface area contributed by atoms with Gasteiger partial charge in [0.05, 0.1) is 23.5 Å². The molecule has 186 valence electrons. The zero-order valence-electron chi connectivity index (χ0n) is 19.2. The van der Waals surface area contributed by atoms with Crippen molar-refractivity contribution in [3.63, 3.8) is 0 Å². The van der Waals surface area contributed by atoms with Crippen LogP contribution in [0, 0.1) is 11.6 Å². The Kier molecular flexibility index (Phi) is 7.07. The Hall–Kier alpha value is -2.89. The van der Waals surface area contributed by atoms with E-state index >= 15 is 0 Å². The van der Waals surface area contributed by atoms with Crippen molar-refractivity contribution in [1.29, 1.82) is 0 Å². The van der Waals surface area contributed by atoms with Crippen LogP contribution in [0.25, 0.3) is 0 Å². The molecule has 0 spiro atoms. The lowest BCUT2D eigenvalue weighted by molar-refractivity contribution is 0.189. The van der Waals surface area contributed by atoms with Gasteiger partial charge in [0.2, 0.25) is 5.89 Å². The number of fused-ring (bicyclic) bond motifs is 1. The molecule has 0 saturated carbocycles. The largest absolute Gasteiger partial charge is 0.406 e. The van der Waals surface area contributed by atoms with Gasteiger partial charge in [0.25, 0.3) is 0 Å². The number of aryl methyl sites for hydroxylation is 1. The molecule has 0 amide bonds. The molecule has 9 nitrogen and oxygen atoms in total. The molecular formula is C23H27ClF2N8O. The van der Waals surface area contributed by atoms with E-state index in [-0.39, 0.29) is 29.2 Å². The summed E-state index contributed by atoms with van der Waals surface area (Å²) >= 11 is 6.08. The first-order valence-corrected chi connectivity index (χ1v) is 12.1. The van der Waals surface area contributed by atoms with Gasteiger partial charge in [0, 0.05) is 37.8 Å². The summed E-state index contributed by atoms with van der Waals surface area (Å²) < 4.78 is 34.2. The Morgan fingerprint density at radius 1 is 1.09 bits per heavy atom. The average Bonchev–Trinajstić information content (AvgIpc) is 3.19. The van der Waals surface area contributed by atoms with E-state index in [1.807, 2.05) is 4.90 Å². The molecule has 0 aliphatic carbocycles. The van der Waals surface area contributed by atoms with Crippen LogP contribution in [-0.2, 0) is 19.5 Å². The molecule has 1 aromatic carbocycles. The van der Waals surface area contributed by atoms with Crippen LogP contribution in [-0.4, -0.2) is 50.7 Å². The van der Waals surface area contributed by atoms with Gasteiger partial charge in [-0.25, -0.2) is 13.8 Å². The molecule has 3 aromatic rings. The van der Waals surface area contributed by atoms with Crippen molar-refractivity contribution in [3.05, 3.63) is 52.1 Å². The first-order chi connectivity index (χ1) is 17.0. The topological polar surface area (TPSA) is 109 Å². The number of nitrogens with two attached hydrogens (primary N) is 1. The molecule has 2 aromatic heterocycles. The van der Waals surface area contributed by atoms with Gasteiger partial charge in [-0.3, -0.25) is 15.2 Å². The third-order valence-corrected chi connectivity index (χ3v) is 6.81. The maximum Gasteiger partial charge on any atom is 0.321 e. The van der Waals surface area contributed by atoms with Crippen molar-refractivity contribution in [1.82, 2.24) is 25.1 Å². The first kappa shape index (κ1) is 23.8. The number of nitrogens with one attached hydrogen (secondary N) is 1. The smallest absolute Gasteiger partial charge is 0.321 e. The van der Waals surface area contributed by atoms with Gasteiger partial charge in [-0.05, 0) is 44.2 Å².